The van der Waals surface area contributed by atoms with Crippen LogP contribution in [0.3, 0.4) is 0 Å². The molecule has 0 saturated heterocycles. The molecule has 0 aromatic carbocycles. The van der Waals surface area contributed by atoms with E-state index < -0.39 is 10.0 Å². The van der Waals surface area contributed by atoms with Crippen LogP contribution in [0.25, 0.3) is 0 Å². The minimum atomic E-state index is -3.18. The molecule has 0 spiro atoms. The molecule has 1 atom stereocenters. The van der Waals surface area contributed by atoms with Gasteiger partial charge in [0.2, 0.25) is 10.0 Å². The zero-order valence-corrected chi connectivity index (χ0v) is 11.5. The normalized spacial score (nSPS) is 13.9. The molecule has 0 aliphatic carbocycles. The lowest BCUT2D eigenvalue weighted by atomic mass is 10.3. The number of rotatable bonds is 7. The summed E-state index contributed by atoms with van der Waals surface area (Å²) in [5.74, 6) is 0.658. The van der Waals surface area contributed by atoms with Crippen molar-refractivity contribution < 1.29 is 8.42 Å². The first-order chi connectivity index (χ1) is 7.55. The van der Waals surface area contributed by atoms with Gasteiger partial charge in [0.25, 0.3) is 0 Å². The van der Waals surface area contributed by atoms with Gasteiger partial charge in [-0.2, -0.15) is 0 Å². The van der Waals surface area contributed by atoms with Crippen molar-refractivity contribution in [2.75, 3.05) is 11.6 Å². The maximum absolute atomic E-state index is 11.7. The van der Waals surface area contributed by atoms with Crippen LogP contribution >= 0.6 is 22.9 Å². The summed E-state index contributed by atoms with van der Waals surface area (Å²) in [5.41, 5.74) is 0. The first kappa shape index (κ1) is 14.0. The minimum Gasteiger partial charge on any atom is -0.212 e. The first-order valence-electron chi connectivity index (χ1n) is 5.14. The third-order valence-corrected chi connectivity index (χ3v) is 4.98. The van der Waals surface area contributed by atoms with Gasteiger partial charge in [-0.05, 0) is 31.2 Å². The molecule has 92 valence electrons. The van der Waals surface area contributed by atoms with Gasteiger partial charge >= 0.3 is 0 Å². The van der Waals surface area contributed by atoms with Crippen LogP contribution in [-0.4, -0.2) is 20.1 Å². The Morgan fingerprint density at radius 1 is 1.50 bits per heavy atom. The van der Waals surface area contributed by atoms with E-state index in [0.717, 1.165) is 11.3 Å². The molecule has 1 aromatic heterocycles. The van der Waals surface area contributed by atoms with Crippen LogP contribution < -0.4 is 4.72 Å². The smallest absolute Gasteiger partial charge is 0.212 e. The van der Waals surface area contributed by atoms with E-state index in [9.17, 15) is 8.42 Å². The number of sulfonamides is 1. The number of thiophene rings is 1. The van der Waals surface area contributed by atoms with Gasteiger partial charge in [0, 0.05) is 10.8 Å². The van der Waals surface area contributed by atoms with E-state index >= 15 is 0 Å². The quantitative estimate of drug-likeness (QED) is 0.617. The summed E-state index contributed by atoms with van der Waals surface area (Å²) >= 11 is 7.06. The van der Waals surface area contributed by atoms with Crippen LogP contribution in [-0.2, 0) is 10.0 Å². The highest BCUT2D eigenvalue weighted by molar-refractivity contribution is 7.89. The van der Waals surface area contributed by atoms with E-state index in [1.807, 2.05) is 24.4 Å². The van der Waals surface area contributed by atoms with Crippen LogP contribution in [0.4, 0.5) is 0 Å². The average molecular weight is 282 g/mol. The Bertz CT molecular complexity index is 389. The lowest BCUT2D eigenvalue weighted by Crippen LogP contribution is -2.28. The second kappa shape index (κ2) is 6.59. The molecular weight excluding hydrogens is 266 g/mol. The number of halogens is 1. The van der Waals surface area contributed by atoms with Gasteiger partial charge in [0.1, 0.15) is 0 Å². The fraction of sp³-hybridized carbons (Fsp3) is 0.600. The number of hydrogen-bond acceptors (Lipinski definition) is 3. The third kappa shape index (κ3) is 4.82. The highest BCUT2D eigenvalue weighted by Crippen LogP contribution is 2.19. The van der Waals surface area contributed by atoms with Gasteiger partial charge in [0.05, 0.1) is 11.8 Å². The zero-order chi connectivity index (χ0) is 12.0. The van der Waals surface area contributed by atoms with Crippen molar-refractivity contribution in [2.24, 2.45) is 0 Å². The highest BCUT2D eigenvalue weighted by Gasteiger charge is 2.15. The van der Waals surface area contributed by atoms with E-state index in [-0.39, 0.29) is 11.8 Å². The van der Waals surface area contributed by atoms with Gasteiger partial charge < -0.3 is 0 Å². The monoisotopic (exact) mass is 281 g/mol. The molecule has 0 saturated carbocycles. The number of hydrogen-bond donors (Lipinski definition) is 1. The molecule has 1 aromatic rings. The summed E-state index contributed by atoms with van der Waals surface area (Å²) in [6.45, 7) is 1.85. The van der Waals surface area contributed by atoms with E-state index in [1.54, 1.807) is 11.3 Å². The minimum absolute atomic E-state index is 0.148. The topological polar surface area (TPSA) is 46.2 Å². The molecule has 16 heavy (non-hydrogen) atoms. The van der Waals surface area contributed by atoms with E-state index in [2.05, 4.69) is 4.72 Å². The maximum Gasteiger partial charge on any atom is 0.212 e. The van der Waals surface area contributed by atoms with Crippen molar-refractivity contribution in [2.45, 2.75) is 25.8 Å². The fourth-order valence-corrected chi connectivity index (χ4v) is 3.68. The van der Waals surface area contributed by atoms with E-state index in [4.69, 9.17) is 11.6 Å². The van der Waals surface area contributed by atoms with Crippen LogP contribution in [0.2, 0.25) is 0 Å². The first-order valence-corrected chi connectivity index (χ1v) is 8.21. The van der Waals surface area contributed by atoms with Crippen LogP contribution in [0.5, 0.6) is 0 Å². The lowest BCUT2D eigenvalue weighted by molar-refractivity contribution is 0.565. The molecule has 6 heteroatoms. The van der Waals surface area contributed by atoms with Gasteiger partial charge in [-0.25, -0.2) is 13.1 Å². The SMILES string of the molecule is C[C@@H](NS(=O)(=O)CCCCCl)c1cccs1. The fourth-order valence-electron chi connectivity index (χ4n) is 1.31. The van der Waals surface area contributed by atoms with E-state index in [1.165, 1.54) is 0 Å². The van der Waals surface area contributed by atoms with Crippen LogP contribution in [0, 0.1) is 0 Å². The van der Waals surface area contributed by atoms with E-state index in [0.29, 0.717) is 12.3 Å². The molecule has 0 fully saturated rings. The molecular formula is C10H16ClNO2S2. The number of unbranched alkanes of at least 4 members (excludes halogenated alkanes) is 1. The Balaban J connectivity index is 2.46. The van der Waals surface area contributed by atoms with Crippen LogP contribution in [0.15, 0.2) is 17.5 Å². The second-order valence-corrected chi connectivity index (χ2v) is 6.80. The molecule has 0 amide bonds. The second-order valence-electron chi connectivity index (χ2n) is 3.57. The third-order valence-electron chi connectivity index (χ3n) is 2.12. The molecule has 0 aliphatic rings. The molecule has 0 unspecified atom stereocenters. The van der Waals surface area contributed by atoms with Crippen molar-refractivity contribution in [1.82, 2.24) is 4.72 Å². The summed E-state index contributed by atoms with van der Waals surface area (Å²) in [5, 5.41) is 1.94. The number of nitrogens with one attached hydrogen (secondary N) is 1. The standard InChI is InChI=1S/C10H16ClNO2S2/c1-9(10-5-4-7-15-10)12-16(13,14)8-3-2-6-11/h4-5,7,9,12H,2-3,6,8H2,1H3/t9-/m1/s1. The summed E-state index contributed by atoms with van der Waals surface area (Å²) in [6, 6.07) is 3.69. The Morgan fingerprint density at radius 2 is 2.25 bits per heavy atom. The largest absolute Gasteiger partial charge is 0.212 e. The summed E-state index contributed by atoms with van der Waals surface area (Å²) in [7, 11) is -3.18. The predicted octanol–water partition coefficient (Wildman–Crippen LogP) is 2.75. The lowest BCUT2D eigenvalue weighted by Gasteiger charge is -2.12. The highest BCUT2D eigenvalue weighted by atomic mass is 35.5. The summed E-state index contributed by atoms with van der Waals surface area (Å²) in [6.07, 6.45) is 1.34. The van der Waals surface area contributed by atoms with Crippen molar-refractivity contribution in [3.63, 3.8) is 0 Å². The number of alkyl halides is 1. The Morgan fingerprint density at radius 3 is 2.81 bits per heavy atom. The molecule has 0 aliphatic heterocycles. The molecule has 1 rings (SSSR count). The zero-order valence-electron chi connectivity index (χ0n) is 9.15. The van der Waals surface area contributed by atoms with Crippen molar-refractivity contribution in [3.05, 3.63) is 22.4 Å². The molecule has 1 N–H and O–H groups in total. The molecule has 1 heterocycles. The van der Waals surface area contributed by atoms with Crippen molar-refractivity contribution in [3.8, 4) is 0 Å². The maximum atomic E-state index is 11.7. The van der Waals surface area contributed by atoms with Gasteiger partial charge in [0.15, 0.2) is 0 Å². The average Bonchev–Trinajstić information content (AvgIpc) is 2.69. The van der Waals surface area contributed by atoms with Gasteiger partial charge in [-0.15, -0.1) is 22.9 Å². The summed E-state index contributed by atoms with van der Waals surface area (Å²) in [4.78, 5) is 1.03. The Labute approximate surface area is 106 Å². The van der Waals surface area contributed by atoms with Gasteiger partial charge in [-0.3, -0.25) is 0 Å². The van der Waals surface area contributed by atoms with Crippen molar-refractivity contribution in [1.29, 1.82) is 0 Å². The van der Waals surface area contributed by atoms with Crippen molar-refractivity contribution >= 4 is 33.0 Å². The Hall–Kier alpha value is -0.100. The Kier molecular flexibility index (Phi) is 5.75. The molecule has 0 bridgehead atoms. The molecule has 0 radical (unpaired) electrons. The molecule has 3 nitrogen and oxygen atoms in total. The van der Waals surface area contributed by atoms with Crippen LogP contribution in [0.1, 0.15) is 30.7 Å². The predicted molar refractivity (Wildman–Crippen MR) is 69.6 cm³/mol. The summed E-state index contributed by atoms with van der Waals surface area (Å²) < 4.78 is 26.0. The van der Waals surface area contributed by atoms with Gasteiger partial charge in [-0.1, -0.05) is 6.07 Å².